The van der Waals surface area contributed by atoms with Crippen molar-refractivity contribution < 1.29 is 10.2 Å². The summed E-state index contributed by atoms with van der Waals surface area (Å²) < 4.78 is 0. The quantitative estimate of drug-likeness (QED) is 0.654. The van der Waals surface area contributed by atoms with Crippen molar-refractivity contribution in [2.45, 2.75) is 57.8 Å². The van der Waals surface area contributed by atoms with E-state index in [9.17, 15) is 10.2 Å². The molecule has 0 unspecified atom stereocenters. The molecule has 4 nitrogen and oxygen atoms in total. The summed E-state index contributed by atoms with van der Waals surface area (Å²) in [6.45, 7) is 6.59. The third kappa shape index (κ3) is 2.91. The van der Waals surface area contributed by atoms with E-state index in [1.807, 2.05) is 6.07 Å². The first-order valence-corrected chi connectivity index (χ1v) is 6.83. The van der Waals surface area contributed by atoms with Crippen molar-refractivity contribution in [3.8, 4) is 5.75 Å². The zero-order valence-corrected chi connectivity index (χ0v) is 11.9. The van der Waals surface area contributed by atoms with Crippen LogP contribution in [0, 0.1) is 0 Å². The van der Waals surface area contributed by atoms with E-state index in [4.69, 9.17) is 5.73 Å². The lowest BCUT2D eigenvalue weighted by Crippen LogP contribution is -2.48. The molecule has 4 heteroatoms. The van der Waals surface area contributed by atoms with Crippen molar-refractivity contribution in [1.82, 2.24) is 5.32 Å². The second kappa shape index (κ2) is 5.12. The molecule has 0 spiro atoms. The highest BCUT2D eigenvalue weighted by Crippen LogP contribution is 2.36. The van der Waals surface area contributed by atoms with E-state index in [2.05, 4.69) is 26.1 Å². The van der Waals surface area contributed by atoms with Gasteiger partial charge < -0.3 is 21.3 Å². The number of hydrogen-bond donors (Lipinski definition) is 4. The Bertz CT molecular complexity index is 466. The number of hydrogen-bond acceptors (Lipinski definition) is 4. The molecule has 0 aromatic heterocycles. The van der Waals surface area contributed by atoms with Gasteiger partial charge in [0, 0.05) is 23.7 Å². The average Bonchev–Trinajstić information content (AvgIpc) is 2.31. The predicted octanol–water partition coefficient (Wildman–Crippen LogP) is 1.59. The molecule has 0 amide bonds. The van der Waals surface area contributed by atoms with Crippen LogP contribution in [0.25, 0.3) is 0 Å². The highest BCUT2D eigenvalue weighted by Gasteiger charge is 2.31. The lowest BCUT2D eigenvalue weighted by Gasteiger charge is -2.36. The van der Waals surface area contributed by atoms with Crippen molar-refractivity contribution >= 4 is 0 Å². The smallest absolute Gasteiger partial charge is 0.120 e. The first-order valence-electron chi connectivity index (χ1n) is 6.83. The molecule has 0 heterocycles. The molecule has 5 N–H and O–H groups in total. The number of aromatic hydroxyl groups is 1. The second-order valence-corrected chi connectivity index (χ2v) is 6.32. The van der Waals surface area contributed by atoms with Crippen LogP contribution in [-0.4, -0.2) is 21.8 Å². The minimum Gasteiger partial charge on any atom is -0.508 e. The van der Waals surface area contributed by atoms with Gasteiger partial charge in [-0.3, -0.25) is 0 Å². The highest BCUT2D eigenvalue weighted by molar-refractivity contribution is 5.47. The zero-order chi connectivity index (χ0) is 14.2. The number of phenolic OH excluding ortho intramolecular Hbond substituents is 1. The van der Waals surface area contributed by atoms with E-state index in [1.54, 1.807) is 6.07 Å². The minimum absolute atomic E-state index is 0.0310. The van der Waals surface area contributed by atoms with Gasteiger partial charge in [0.1, 0.15) is 5.75 Å². The fourth-order valence-corrected chi connectivity index (χ4v) is 2.88. The summed E-state index contributed by atoms with van der Waals surface area (Å²) in [4.78, 5) is 0. The summed E-state index contributed by atoms with van der Waals surface area (Å²) >= 11 is 0. The highest BCUT2D eigenvalue weighted by atomic mass is 16.3. The number of aliphatic hydroxyl groups is 1. The molecule has 0 aliphatic heterocycles. The Morgan fingerprint density at radius 3 is 2.63 bits per heavy atom. The summed E-state index contributed by atoms with van der Waals surface area (Å²) in [7, 11) is 0. The van der Waals surface area contributed by atoms with Gasteiger partial charge in [0.05, 0.1) is 6.10 Å². The van der Waals surface area contributed by atoms with E-state index in [0.717, 1.165) is 29.5 Å². The third-order valence-electron chi connectivity index (χ3n) is 3.67. The molecule has 0 saturated heterocycles. The maximum atomic E-state index is 10.5. The van der Waals surface area contributed by atoms with Gasteiger partial charge in [-0.25, -0.2) is 0 Å². The fraction of sp³-hybridized carbons (Fsp3) is 0.600. The number of phenols is 1. The molecular formula is C15H24N2O2. The number of nitrogens with one attached hydrogen (secondary N) is 1. The van der Waals surface area contributed by atoms with Crippen LogP contribution in [0.4, 0.5) is 0 Å². The lowest BCUT2D eigenvalue weighted by molar-refractivity contribution is 0.0997. The van der Waals surface area contributed by atoms with Crippen molar-refractivity contribution in [1.29, 1.82) is 0 Å². The molecule has 0 bridgehead atoms. The average molecular weight is 264 g/mol. The maximum absolute atomic E-state index is 10.5. The topological polar surface area (TPSA) is 78.5 Å². The number of aliphatic hydroxyl groups excluding tert-OH is 1. The van der Waals surface area contributed by atoms with Crippen molar-refractivity contribution in [3.63, 3.8) is 0 Å². The molecule has 106 valence electrons. The molecule has 0 saturated carbocycles. The van der Waals surface area contributed by atoms with Gasteiger partial charge in [-0.15, -0.1) is 0 Å². The van der Waals surface area contributed by atoms with Crippen LogP contribution < -0.4 is 11.1 Å². The Kier molecular flexibility index (Phi) is 3.85. The monoisotopic (exact) mass is 264 g/mol. The van der Waals surface area contributed by atoms with E-state index in [1.165, 1.54) is 0 Å². The Morgan fingerprint density at radius 1 is 1.37 bits per heavy atom. The predicted molar refractivity (Wildman–Crippen MR) is 76.0 cm³/mol. The van der Waals surface area contributed by atoms with Crippen LogP contribution in [-0.2, 0) is 13.0 Å². The molecule has 0 fully saturated rings. The van der Waals surface area contributed by atoms with E-state index >= 15 is 0 Å². The SMILES string of the molecule is CC(C)(C)N[C@@H]1CCc2c(ccc(O)c2CN)[C@H]1O. The van der Waals surface area contributed by atoms with Gasteiger partial charge in [0.2, 0.25) is 0 Å². The number of nitrogens with two attached hydrogens (primary N) is 1. The van der Waals surface area contributed by atoms with Gasteiger partial charge >= 0.3 is 0 Å². The van der Waals surface area contributed by atoms with Gasteiger partial charge in [0.15, 0.2) is 0 Å². The van der Waals surface area contributed by atoms with Crippen LogP contribution in [0.5, 0.6) is 5.75 Å². The Labute approximate surface area is 114 Å². The number of fused-ring (bicyclic) bond motifs is 1. The summed E-state index contributed by atoms with van der Waals surface area (Å²) in [6.07, 6.45) is 1.14. The van der Waals surface area contributed by atoms with Crippen LogP contribution >= 0.6 is 0 Å². The van der Waals surface area contributed by atoms with E-state index in [-0.39, 0.29) is 17.3 Å². The van der Waals surface area contributed by atoms with Crippen LogP contribution in [0.3, 0.4) is 0 Å². The Morgan fingerprint density at radius 2 is 2.05 bits per heavy atom. The second-order valence-electron chi connectivity index (χ2n) is 6.32. The molecule has 2 atom stereocenters. The third-order valence-corrected chi connectivity index (χ3v) is 3.67. The molecule has 19 heavy (non-hydrogen) atoms. The molecule has 1 aromatic carbocycles. The standard InChI is InChI=1S/C15H24N2O2/c1-15(2,3)17-12-6-4-9-10(14(12)19)5-7-13(18)11(9)8-16/h5,7,12,14,17-19H,4,6,8,16H2,1-3H3/t12-,14-/m1/s1. The van der Waals surface area contributed by atoms with Crippen LogP contribution in [0.2, 0.25) is 0 Å². The summed E-state index contributed by atoms with van der Waals surface area (Å²) in [5.41, 5.74) is 8.35. The normalized spacial score (nSPS) is 23.2. The van der Waals surface area contributed by atoms with Crippen LogP contribution in [0.15, 0.2) is 12.1 Å². The molecule has 2 rings (SSSR count). The van der Waals surface area contributed by atoms with Gasteiger partial charge in [-0.05, 0) is 50.8 Å². The summed E-state index contributed by atoms with van der Waals surface area (Å²) in [5.74, 6) is 0.232. The largest absolute Gasteiger partial charge is 0.508 e. The molecule has 0 radical (unpaired) electrons. The zero-order valence-electron chi connectivity index (χ0n) is 11.9. The molecule has 1 aliphatic rings. The van der Waals surface area contributed by atoms with Crippen LogP contribution in [0.1, 0.15) is 50.0 Å². The number of rotatable bonds is 2. The Balaban J connectivity index is 2.32. The van der Waals surface area contributed by atoms with Gasteiger partial charge in [0.25, 0.3) is 0 Å². The van der Waals surface area contributed by atoms with Crippen molar-refractivity contribution in [3.05, 3.63) is 28.8 Å². The summed E-state index contributed by atoms with van der Waals surface area (Å²) in [6, 6.07) is 3.48. The lowest BCUT2D eigenvalue weighted by atomic mass is 9.82. The maximum Gasteiger partial charge on any atom is 0.120 e. The fourth-order valence-electron chi connectivity index (χ4n) is 2.88. The van der Waals surface area contributed by atoms with Crippen molar-refractivity contribution in [2.75, 3.05) is 0 Å². The van der Waals surface area contributed by atoms with E-state index in [0.29, 0.717) is 6.54 Å². The minimum atomic E-state index is -0.547. The van der Waals surface area contributed by atoms with Crippen molar-refractivity contribution in [2.24, 2.45) is 5.73 Å². The Hall–Kier alpha value is -1.10. The first kappa shape index (κ1) is 14.3. The van der Waals surface area contributed by atoms with E-state index < -0.39 is 6.10 Å². The first-order chi connectivity index (χ1) is 8.83. The summed E-state index contributed by atoms with van der Waals surface area (Å²) in [5, 5.41) is 23.8. The molecule has 1 aliphatic carbocycles. The molecule has 1 aromatic rings. The number of benzene rings is 1. The molecular weight excluding hydrogens is 240 g/mol. The van der Waals surface area contributed by atoms with Gasteiger partial charge in [-0.1, -0.05) is 6.07 Å². The van der Waals surface area contributed by atoms with Gasteiger partial charge in [-0.2, -0.15) is 0 Å².